The predicted octanol–water partition coefficient (Wildman–Crippen LogP) is 3.76. The quantitative estimate of drug-likeness (QED) is 0.704. The molecule has 29 heavy (non-hydrogen) atoms. The van der Waals surface area contributed by atoms with Crippen LogP contribution >= 0.6 is 0 Å². The summed E-state index contributed by atoms with van der Waals surface area (Å²) >= 11 is 0. The van der Waals surface area contributed by atoms with Crippen molar-refractivity contribution in [1.29, 1.82) is 0 Å². The van der Waals surface area contributed by atoms with Crippen LogP contribution in [0.2, 0.25) is 0 Å². The Morgan fingerprint density at radius 2 is 1.34 bits per heavy atom. The molecule has 2 amide bonds. The fourth-order valence-corrected chi connectivity index (χ4v) is 3.98. The lowest BCUT2D eigenvalue weighted by molar-refractivity contribution is -0.121. The van der Waals surface area contributed by atoms with E-state index in [1.54, 1.807) is 12.1 Å². The van der Waals surface area contributed by atoms with E-state index < -0.39 is 0 Å². The van der Waals surface area contributed by atoms with E-state index in [4.69, 9.17) is 0 Å². The van der Waals surface area contributed by atoms with Crippen molar-refractivity contribution in [2.24, 2.45) is 0 Å². The summed E-state index contributed by atoms with van der Waals surface area (Å²) in [5.74, 6) is -0.422. The van der Waals surface area contributed by atoms with E-state index in [-0.39, 0.29) is 23.9 Å². The van der Waals surface area contributed by atoms with Crippen molar-refractivity contribution in [1.82, 2.24) is 10.6 Å². The Balaban J connectivity index is 1.31. The average Bonchev–Trinajstić information content (AvgIpc) is 3.08. The molecule has 0 fully saturated rings. The minimum Gasteiger partial charge on any atom is -0.349 e. The maximum atomic E-state index is 12.4. The molecule has 0 heterocycles. The summed E-state index contributed by atoms with van der Waals surface area (Å²) in [7, 11) is 0. The van der Waals surface area contributed by atoms with Crippen LogP contribution in [0.3, 0.4) is 0 Å². The number of carbonyl (C=O) groups excluding carboxylic acids is 2. The largest absolute Gasteiger partial charge is 0.349 e. The van der Waals surface area contributed by atoms with Gasteiger partial charge >= 0.3 is 0 Å². The van der Waals surface area contributed by atoms with Gasteiger partial charge in [0, 0.05) is 11.1 Å². The number of nitrogens with one attached hydrogen (secondary N) is 2. The van der Waals surface area contributed by atoms with Crippen LogP contribution in [0.1, 0.15) is 28.4 Å². The van der Waals surface area contributed by atoms with Crippen LogP contribution in [0.25, 0.3) is 11.1 Å². The first kappa shape index (κ1) is 18.9. The molecule has 3 aromatic rings. The highest BCUT2D eigenvalue weighted by atomic mass is 16.2. The SMILES string of the molecule is CC1(NC(=O)CNC(=O)c2ccc(-c3ccccc3)cc2)Cc2ccccc2C1. The first-order valence-electron chi connectivity index (χ1n) is 9.84. The fourth-order valence-electron chi connectivity index (χ4n) is 3.98. The van der Waals surface area contributed by atoms with Gasteiger partial charge in [0.05, 0.1) is 6.54 Å². The first-order valence-corrected chi connectivity index (χ1v) is 9.84. The third-order valence-corrected chi connectivity index (χ3v) is 5.38. The average molecular weight is 384 g/mol. The number of fused-ring (bicyclic) bond motifs is 1. The minimum atomic E-state index is -0.303. The van der Waals surface area contributed by atoms with Gasteiger partial charge in [0.1, 0.15) is 0 Å². The number of benzene rings is 3. The normalized spacial score (nSPS) is 14.1. The smallest absolute Gasteiger partial charge is 0.251 e. The maximum Gasteiger partial charge on any atom is 0.251 e. The second kappa shape index (κ2) is 7.92. The highest BCUT2D eigenvalue weighted by Gasteiger charge is 2.33. The zero-order chi connectivity index (χ0) is 20.3. The van der Waals surface area contributed by atoms with E-state index in [2.05, 4.69) is 29.7 Å². The van der Waals surface area contributed by atoms with E-state index in [9.17, 15) is 9.59 Å². The summed E-state index contributed by atoms with van der Waals surface area (Å²) in [6.07, 6.45) is 1.62. The van der Waals surface area contributed by atoms with E-state index in [1.807, 2.05) is 54.6 Å². The van der Waals surface area contributed by atoms with Gasteiger partial charge in [-0.15, -0.1) is 0 Å². The monoisotopic (exact) mass is 384 g/mol. The van der Waals surface area contributed by atoms with Gasteiger partial charge in [-0.3, -0.25) is 9.59 Å². The predicted molar refractivity (Wildman–Crippen MR) is 115 cm³/mol. The Morgan fingerprint density at radius 1 is 0.793 bits per heavy atom. The first-order chi connectivity index (χ1) is 14.0. The van der Waals surface area contributed by atoms with Crippen LogP contribution in [-0.4, -0.2) is 23.9 Å². The van der Waals surface area contributed by atoms with E-state index in [1.165, 1.54) is 11.1 Å². The molecule has 0 saturated heterocycles. The van der Waals surface area contributed by atoms with Crippen molar-refractivity contribution in [2.45, 2.75) is 25.3 Å². The summed E-state index contributed by atoms with van der Waals surface area (Å²) in [5, 5.41) is 5.81. The Kier molecular flexibility index (Phi) is 5.17. The molecule has 1 aliphatic carbocycles. The van der Waals surface area contributed by atoms with Gasteiger partial charge in [0.15, 0.2) is 0 Å². The third kappa shape index (κ3) is 4.37. The summed E-state index contributed by atoms with van der Waals surface area (Å²) in [6, 6.07) is 25.7. The molecule has 2 N–H and O–H groups in total. The third-order valence-electron chi connectivity index (χ3n) is 5.38. The van der Waals surface area contributed by atoms with Crippen LogP contribution < -0.4 is 10.6 Å². The molecule has 1 aliphatic rings. The van der Waals surface area contributed by atoms with Crippen molar-refractivity contribution >= 4 is 11.8 Å². The van der Waals surface area contributed by atoms with Crippen molar-refractivity contribution in [3.63, 3.8) is 0 Å². The topological polar surface area (TPSA) is 58.2 Å². The Labute approximate surface area is 171 Å². The van der Waals surface area contributed by atoms with Crippen LogP contribution in [-0.2, 0) is 17.6 Å². The molecule has 4 rings (SSSR count). The molecule has 4 nitrogen and oxygen atoms in total. The molecule has 0 saturated carbocycles. The molecule has 0 radical (unpaired) electrons. The number of hydrogen-bond donors (Lipinski definition) is 2. The van der Waals surface area contributed by atoms with Gasteiger partial charge in [-0.25, -0.2) is 0 Å². The molecular formula is C25H24N2O2. The highest BCUT2D eigenvalue weighted by molar-refractivity contribution is 5.97. The zero-order valence-corrected chi connectivity index (χ0v) is 16.4. The summed E-state index contributed by atoms with van der Waals surface area (Å²) in [5.41, 5.74) is 4.94. The molecule has 0 aromatic heterocycles. The Morgan fingerprint density at radius 3 is 1.97 bits per heavy atom. The van der Waals surface area contributed by atoms with E-state index >= 15 is 0 Å². The van der Waals surface area contributed by atoms with Gasteiger partial charge in [-0.2, -0.15) is 0 Å². The molecule has 146 valence electrons. The lowest BCUT2D eigenvalue weighted by Gasteiger charge is -2.25. The molecule has 0 atom stereocenters. The van der Waals surface area contributed by atoms with Gasteiger partial charge < -0.3 is 10.6 Å². The van der Waals surface area contributed by atoms with Crippen molar-refractivity contribution < 1.29 is 9.59 Å². The molecule has 0 unspecified atom stereocenters. The standard InChI is InChI=1S/C25H24N2O2/c1-25(15-21-9-5-6-10-22(21)16-25)27-23(28)17-26-24(29)20-13-11-19(12-14-20)18-7-3-2-4-8-18/h2-14H,15-17H2,1H3,(H,26,29)(H,27,28). The van der Waals surface area contributed by atoms with Gasteiger partial charge in [-0.1, -0.05) is 66.7 Å². The Hall–Kier alpha value is -3.40. The van der Waals surface area contributed by atoms with Crippen molar-refractivity contribution in [2.75, 3.05) is 6.54 Å². The molecule has 0 spiro atoms. The molecule has 0 bridgehead atoms. The molecule has 4 heteroatoms. The lowest BCUT2D eigenvalue weighted by Crippen LogP contribution is -2.50. The minimum absolute atomic E-state index is 0.0365. The van der Waals surface area contributed by atoms with Crippen LogP contribution in [0.15, 0.2) is 78.9 Å². The summed E-state index contributed by atoms with van der Waals surface area (Å²) in [4.78, 5) is 24.8. The summed E-state index contributed by atoms with van der Waals surface area (Å²) < 4.78 is 0. The fraction of sp³-hybridized carbons (Fsp3) is 0.200. The number of amides is 2. The second-order valence-electron chi connectivity index (χ2n) is 7.86. The zero-order valence-electron chi connectivity index (χ0n) is 16.4. The number of hydrogen-bond acceptors (Lipinski definition) is 2. The Bertz CT molecular complexity index is 1000. The summed E-state index contributed by atoms with van der Waals surface area (Å²) in [6.45, 7) is 2.01. The van der Waals surface area contributed by atoms with Gasteiger partial charge in [0.2, 0.25) is 5.91 Å². The maximum absolute atomic E-state index is 12.4. The molecule has 0 aliphatic heterocycles. The van der Waals surface area contributed by atoms with E-state index in [0.717, 1.165) is 24.0 Å². The number of rotatable bonds is 5. The second-order valence-corrected chi connectivity index (χ2v) is 7.86. The molecular weight excluding hydrogens is 360 g/mol. The van der Waals surface area contributed by atoms with Crippen LogP contribution in [0, 0.1) is 0 Å². The van der Waals surface area contributed by atoms with Crippen molar-refractivity contribution in [3.05, 3.63) is 95.6 Å². The highest BCUT2D eigenvalue weighted by Crippen LogP contribution is 2.29. The van der Waals surface area contributed by atoms with Gasteiger partial charge in [-0.05, 0) is 54.2 Å². The number of carbonyl (C=O) groups is 2. The molecule has 3 aromatic carbocycles. The lowest BCUT2D eigenvalue weighted by atomic mass is 9.98. The van der Waals surface area contributed by atoms with Crippen LogP contribution in [0.4, 0.5) is 0 Å². The van der Waals surface area contributed by atoms with Crippen molar-refractivity contribution in [3.8, 4) is 11.1 Å². The van der Waals surface area contributed by atoms with Gasteiger partial charge in [0.25, 0.3) is 5.91 Å². The van der Waals surface area contributed by atoms with E-state index in [0.29, 0.717) is 5.56 Å². The van der Waals surface area contributed by atoms with Crippen LogP contribution in [0.5, 0.6) is 0 Å².